The number of hydrogen-bond donors (Lipinski definition) is 1. The lowest BCUT2D eigenvalue weighted by atomic mass is 10.2. The molecule has 1 atom stereocenters. The topological polar surface area (TPSA) is 60.2 Å². The Morgan fingerprint density at radius 2 is 2.29 bits per heavy atom. The summed E-state index contributed by atoms with van der Waals surface area (Å²) in [4.78, 5) is 4.22. The largest absolute Gasteiger partial charge is 0.374 e. The Bertz CT molecular complexity index is 258. The van der Waals surface area contributed by atoms with Crippen LogP contribution in [0.2, 0.25) is 0 Å². The minimum absolute atomic E-state index is 0.137. The first-order chi connectivity index (χ1) is 6.81. The molecule has 1 unspecified atom stereocenters. The van der Waals surface area contributed by atoms with Crippen molar-refractivity contribution in [2.24, 2.45) is 0 Å². The minimum Gasteiger partial charge on any atom is -0.374 e. The van der Waals surface area contributed by atoms with Gasteiger partial charge in [-0.15, -0.1) is 0 Å². The molecule has 5 heteroatoms. The van der Waals surface area contributed by atoms with Gasteiger partial charge in [-0.1, -0.05) is 12.1 Å². The van der Waals surface area contributed by atoms with Crippen molar-refractivity contribution in [2.75, 3.05) is 13.7 Å². The highest BCUT2D eigenvalue weighted by atomic mass is 16.5. The van der Waals surface area contributed by atoms with Crippen molar-refractivity contribution in [2.45, 2.75) is 32.9 Å². The third-order valence-corrected chi connectivity index (χ3v) is 1.97. The van der Waals surface area contributed by atoms with Crippen molar-refractivity contribution in [3.8, 4) is 0 Å². The molecule has 0 aliphatic heterocycles. The second kappa shape index (κ2) is 5.72. The highest BCUT2D eigenvalue weighted by Crippen LogP contribution is 2.13. The summed E-state index contributed by atoms with van der Waals surface area (Å²) in [6, 6.07) is 0.137. The molecule has 1 heterocycles. The molecule has 1 rings (SSSR count). The summed E-state index contributed by atoms with van der Waals surface area (Å²) in [7, 11) is 1.88. The normalized spacial score (nSPS) is 13.1. The zero-order valence-electron chi connectivity index (χ0n) is 8.91. The van der Waals surface area contributed by atoms with E-state index in [9.17, 15) is 0 Å². The summed E-state index contributed by atoms with van der Waals surface area (Å²) in [6.45, 7) is 5.07. The third kappa shape index (κ3) is 2.78. The summed E-state index contributed by atoms with van der Waals surface area (Å²) in [6.07, 6.45) is 0.923. The molecule has 5 nitrogen and oxygen atoms in total. The van der Waals surface area contributed by atoms with Crippen LogP contribution < -0.4 is 5.32 Å². The van der Waals surface area contributed by atoms with Crippen LogP contribution in [0.5, 0.6) is 0 Å². The van der Waals surface area contributed by atoms with E-state index in [-0.39, 0.29) is 6.04 Å². The molecule has 0 aliphatic rings. The van der Waals surface area contributed by atoms with Gasteiger partial charge in [-0.05, 0) is 20.4 Å². The van der Waals surface area contributed by atoms with Crippen molar-refractivity contribution in [3.63, 3.8) is 0 Å². The van der Waals surface area contributed by atoms with E-state index in [1.54, 1.807) is 0 Å². The van der Waals surface area contributed by atoms with Gasteiger partial charge in [0.05, 0.1) is 6.04 Å². The lowest BCUT2D eigenvalue weighted by molar-refractivity contribution is 0.126. The highest BCUT2D eigenvalue weighted by Gasteiger charge is 2.14. The molecule has 0 aliphatic carbocycles. The van der Waals surface area contributed by atoms with Gasteiger partial charge in [-0.25, -0.2) is 0 Å². The van der Waals surface area contributed by atoms with Crippen LogP contribution in [0, 0.1) is 0 Å². The lowest BCUT2D eigenvalue weighted by Crippen LogP contribution is -2.15. The Morgan fingerprint density at radius 3 is 2.86 bits per heavy atom. The molecule has 0 saturated carbocycles. The molecule has 0 radical (unpaired) electrons. The molecule has 1 aromatic heterocycles. The van der Waals surface area contributed by atoms with Gasteiger partial charge in [-0.3, -0.25) is 0 Å². The van der Waals surface area contributed by atoms with Crippen molar-refractivity contribution >= 4 is 0 Å². The van der Waals surface area contributed by atoms with Crippen molar-refractivity contribution in [1.29, 1.82) is 0 Å². The number of ether oxygens (including phenoxy) is 1. The van der Waals surface area contributed by atoms with Crippen LogP contribution in [-0.2, 0) is 11.3 Å². The third-order valence-electron chi connectivity index (χ3n) is 1.97. The number of aromatic nitrogens is 2. The molecular formula is C9H17N3O2. The van der Waals surface area contributed by atoms with Crippen LogP contribution in [0.3, 0.4) is 0 Å². The molecule has 0 amide bonds. The van der Waals surface area contributed by atoms with Gasteiger partial charge in [-0.2, -0.15) is 4.98 Å². The zero-order valence-corrected chi connectivity index (χ0v) is 8.91. The Morgan fingerprint density at radius 1 is 1.50 bits per heavy atom. The molecule has 0 aromatic carbocycles. The molecular weight excluding hydrogens is 182 g/mol. The first kappa shape index (κ1) is 11.1. The fraction of sp³-hybridized carbons (Fsp3) is 0.778. The van der Waals surface area contributed by atoms with Crippen molar-refractivity contribution in [3.05, 3.63) is 11.7 Å². The van der Waals surface area contributed by atoms with Crippen LogP contribution in [-0.4, -0.2) is 23.8 Å². The molecule has 1 N–H and O–H groups in total. The van der Waals surface area contributed by atoms with Gasteiger partial charge in [0, 0.05) is 6.61 Å². The predicted molar refractivity (Wildman–Crippen MR) is 51.7 cm³/mol. The molecule has 0 bridgehead atoms. The zero-order chi connectivity index (χ0) is 10.4. The maximum atomic E-state index is 5.17. The van der Waals surface area contributed by atoms with Crippen LogP contribution in [0.1, 0.15) is 38.0 Å². The second-order valence-corrected chi connectivity index (χ2v) is 2.94. The summed E-state index contributed by atoms with van der Waals surface area (Å²) in [5.74, 6) is 1.24. The maximum absolute atomic E-state index is 5.17. The fourth-order valence-electron chi connectivity index (χ4n) is 1.16. The average Bonchev–Trinajstić information content (AvgIpc) is 2.65. The van der Waals surface area contributed by atoms with E-state index in [1.807, 2.05) is 14.0 Å². The van der Waals surface area contributed by atoms with E-state index in [0.717, 1.165) is 6.42 Å². The summed E-state index contributed by atoms with van der Waals surface area (Å²) in [5, 5.41) is 6.92. The monoisotopic (exact) mass is 199 g/mol. The maximum Gasteiger partial charge on any atom is 0.243 e. The van der Waals surface area contributed by atoms with Crippen LogP contribution in [0.15, 0.2) is 4.52 Å². The summed E-state index contributed by atoms with van der Waals surface area (Å²) >= 11 is 0. The van der Waals surface area contributed by atoms with E-state index >= 15 is 0 Å². The molecule has 14 heavy (non-hydrogen) atoms. The van der Waals surface area contributed by atoms with Gasteiger partial charge < -0.3 is 14.6 Å². The minimum atomic E-state index is 0.137. The number of hydrogen-bond acceptors (Lipinski definition) is 5. The first-order valence-corrected chi connectivity index (χ1v) is 4.89. The lowest BCUT2D eigenvalue weighted by Gasteiger charge is -2.06. The first-order valence-electron chi connectivity index (χ1n) is 4.89. The second-order valence-electron chi connectivity index (χ2n) is 2.94. The average molecular weight is 199 g/mol. The Hall–Kier alpha value is -0.940. The van der Waals surface area contributed by atoms with E-state index in [4.69, 9.17) is 9.26 Å². The van der Waals surface area contributed by atoms with E-state index in [0.29, 0.717) is 24.9 Å². The van der Waals surface area contributed by atoms with Gasteiger partial charge >= 0.3 is 0 Å². The Labute approximate surface area is 83.8 Å². The predicted octanol–water partition coefficient (Wildman–Crippen LogP) is 1.28. The molecule has 1 aromatic rings. The standard InChI is InChI=1S/C9H17N3O2/c1-4-7(10-3)9-11-8(12-14-9)6-13-5-2/h7,10H,4-6H2,1-3H3. The number of nitrogens with zero attached hydrogens (tertiary/aromatic N) is 2. The Kier molecular flexibility index (Phi) is 4.55. The van der Waals surface area contributed by atoms with Gasteiger partial charge in [0.1, 0.15) is 6.61 Å². The van der Waals surface area contributed by atoms with Gasteiger partial charge in [0.2, 0.25) is 5.89 Å². The molecule has 80 valence electrons. The smallest absolute Gasteiger partial charge is 0.243 e. The molecule has 0 fully saturated rings. The SMILES string of the molecule is CCOCc1noc(C(CC)NC)n1. The van der Waals surface area contributed by atoms with E-state index < -0.39 is 0 Å². The van der Waals surface area contributed by atoms with Crippen LogP contribution in [0.4, 0.5) is 0 Å². The molecule has 0 spiro atoms. The number of nitrogens with one attached hydrogen (secondary N) is 1. The van der Waals surface area contributed by atoms with Crippen LogP contribution in [0.25, 0.3) is 0 Å². The Balaban J connectivity index is 2.57. The summed E-state index contributed by atoms with van der Waals surface area (Å²) < 4.78 is 10.3. The van der Waals surface area contributed by atoms with E-state index in [1.165, 1.54) is 0 Å². The highest BCUT2D eigenvalue weighted by molar-refractivity contribution is 4.91. The van der Waals surface area contributed by atoms with Gasteiger partial charge in [0.15, 0.2) is 5.82 Å². The quantitative estimate of drug-likeness (QED) is 0.747. The number of rotatable bonds is 6. The van der Waals surface area contributed by atoms with Gasteiger partial charge in [0.25, 0.3) is 0 Å². The summed E-state index contributed by atoms with van der Waals surface area (Å²) in [5.41, 5.74) is 0. The molecule has 0 saturated heterocycles. The van der Waals surface area contributed by atoms with Crippen molar-refractivity contribution < 1.29 is 9.26 Å². The fourth-order valence-corrected chi connectivity index (χ4v) is 1.16. The van der Waals surface area contributed by atoms with E-state index in [2.05, 4.69) is 22.4 Å². The van der Waals surface area contributed by atoms with Crippen molar-refractivity contribution in [1.82, 2.24) is 15.5 Å². The van der Waals surface area contributed by atoms with Crippen LogP contribution >= 0.6 is 0 Å².